The third-order valence-electron chi connectivity index (χ3n) is 3.16. The summed E-state index contributed by atoms with van der Waals surface area (Å²) in [5, 5.41) is 11.1. The summed E-state index contributed by atoms with van der Waals surface area (Å²) >= 11 is 0. The Morgan fingerprint density at radius 1 is 1.41 bits per heavy atom. The second-order valence-electron chi connectivity index (χ2n) is 4.63. The summed E-state index contributed by atoms with van der Waals surface area (Å²) in [4.78, 5) is 2.17. The highest BCUT2D eigenvalue weighted by atomic mass is 19.4. The van der Waals surface area contributed by atoms with Gasteiger partial charge in [-0.15, -0.1) is 0 Å². The van der Waals surface area contributed by atoms with Crippen molar-refractivity contribution in [3.63, 3.8) is 0 Å². The molecule has 1 aliphatic carbocycles. The van der Waals surface area contributed by atoms with Crippen LogP contribution in [-0.4, -0.2) is 43.3 Å². The van der Waals surface area contributed by atoms with Crippen LogP contribution in [0, 0.1) is 17.2 Å². The number of hydrogen-bond donors (Lipinski definition) is 1. The average Bonchev–Trinajstić information content (AvgIpc) is 3.04. The molecule has 1 N–H and O–H groups in total. The van der Waals surface area contributed by atoms with Crippen LogP contribution in [0.15, 0.2) is 0 Å². The summed E-state index contributed by atoms with van der Waals surface area (Å²) in [7, 11) is 1.98. The smallest absolute Gasteiger partial charge is 0.314 e. The molecule has 0 saturated heterocycles. The highest BCUT2D eigenvalue weighted by Gasteiger charge is 2.39. The summed E-state index contributed by atoms with van der Waals surface area (Å²) in [6, 6.07) is 2.05. The van der Waals surface area contributed by atoms with Crippen molar-refractivity contribution >= 4 is 0 Å². The number of rotatable bonds is 6. The van der Waals surface area contributed by atoms with Gasteiger partial charge < -0.3 is 5.32 Å². The van der Waals surface area contributed by atoms with E-state index in [0.29, 0.717) is 12.6 Å². The number of alkyl halides is 3. The van der Waals surface area contributed by atoms with Crippen LogP contribution in [0.5, 0.6) is 0 Å². The molecular weight excluding hydrogens is 231 g/mol. The molecule has 17 heavy (non-hydrogen) atoms. The fourth-order valence-electron chi connectivity index (χ4n) is 1.66. The average molecular weight is 249 g/mol. The summed E-state index contributed by atoms with van der Waals surface area (Å²) in [5.74, 6) is -1.92. The molecule has 98 valence electrons. The lowest BCUT2D eigenvalue weighted by Crippen LogP contribution is -2.42. The van der Waals surface area contributed by atoms with E-state index in [2.05, 4.69) is 10.2 Å². The van der Waals surface area contributed by atoms with E-state index in [1.807, 2.05) is 14.0 Å². The molecular formula is C11H18F3N3. The molecule has 1 saturated carbocycles. The number of nitrogens with zero attached hydrogens (tertiary/aromatic N) is 2. The standard InChI is InChI=1S/C11H18F3N3/c1-8(17(2)10-3-4-10)6-16-7-9(5-15)11(12,13)14/h8-10,16H,3-4,6-7H2,1-2H3. The van der Waals surface area contributed by atoms with Crippen molar-refractivity contribution in [3.8, 4) is 6.07 Å². The minimum absolute atomic E-state index is 0.190. The van der Waals surface area contributed by atoms with Crippen LogP contribution in [0.2, 0.25) is 0 Å². The first-order chi connectivity index (χ1) is 7.86. The Bertz CT molecular complexity index is 281. The van der Waals surface area contributed by atoms with E-state index >= 15 is 0 Å². The molecule has 0 heterocycles. The van der Waals surface area contributed by atoms with Gasteiger partial charge >= 0.3 is 6.18 Å². The first-order valence-corrected chi connectivity index (χ1v) is 5.75. The first kappa shape index (κ1) is 14.3. The number of halogens is 3. The van der Waals surface area contributed by atoms with Crippen molar-refractivity contribution < 1.29 is 13.2 Å². The van der Waals surface area contributed by atoms with Gasteiger partial charge in [0.15, 0.2) is 5.92 Å². The molecule has 0 aromatic rings. The lowest BCUT2D eigenvalue weighted by atomic mass is 10.1. The predicted molar refractivity (Wildman–Crippen MR) is 58.3 cm³/mol. The Kier molecular flexibility index (Phi) is 4.78. The molecule has 1 fully saturated rings. The zero-order valence-corrected chi connectivity index (χ0v) is 10.1. The lowest BCUT2D eigenvalue weighted by molar-refractivity contribution is -0.157. The molecule has 1 rings (SSSR count). The Hall–Kier alpha value is -0.800. The molecule has 0 amide bonds. The molecule has 3 nitrogen and oxygen atoms in total. The van der Waals surface area contributed by atoms with Gasteiger partial charge in [0.05, 0.1) is 6.07 Å². The maximum Gasteiger partial charge on any atom is 0.405 e. The molecule has 0 spiro atoms. The van der Waals surface area contributed by atoms with Gasteiger partial charge in [-0.2, -0.15) is 18.4 Å². The summed E-state index contributed by atoms with van der Waals surface area (Å²) < 4.78 is 36.8. The van der Waals surface area contributed by atoms with E-state index in [0.717, 1.165) is 0 Å². The number of hydrogen-bond acceptors (Lipinski definition) is 3. The van der Waals surface area contributed by atoms with Crippen molar-refractivity contribution in [3.05, 3.63) is 0 Å². The second-order valence-corrected chi connectivity index (χ2v) is 4.63. The normalized spacial score (nSPS) is 20.1. The van der Waals surface area contributed by atoms with E-state index in [9.17, 15) is 13.2 Å². The van der Waals surface area contributed by atoms with Gasteiger partial charge in [0.1, 0.15) is 0 Å². The van der Waals surface area contributed by atoms with Gasteiger partial charge in [0, 0.05) is 25.2 Å². The lowest BCUT2D eigenvalue weighted by Gasteiger charge is -2.25. The van der Waals surface area contributed by atoms with Gasteiger partial charge in [-0.1, -0.05) is 0 Å². The SMILES string of the molecule is CC(CNCC(C#N)C(F)(F)F)N(C)C1CC1. The van der Waals surface area contributed by atoms with E-state index in [1.54, 1.807) is 0 Å². The summed E-state index contributed by atoms with van der Waals surface area (Å²) in [6.45, 7) is 2.12. The largest absolute Gasteiger partial charge is 0.405 e. The fourth-order valence-corrected chi connectivity index (χ4v) is 1.66. The third kappa shape index (κ3) is 4.52. The Morgan fingerprint density at radius 3 is 2.41 bits per heavy atom. The van der Waals surface area contributed by atoms with Gasteiger partial charge in [0.2, 0.25) is 0 Å². The van der Waals surface area contributed by atoms with Crippen LogP contribution < -0.4 is 5.32 Å². The number of nitrogens with one attached hydrogen (secondary N) is 1. The van der Waals surface area contributed by atoms with Crippen molar-refractivity contribution in [2.45, 2.75) is 38.0 Å². The zero-order valence-electron chi connectivity index (χ0n) is 10.1. The van der Waals surface area contributed by atoms with E-state index in [1.165, 1.54) is 18.9 Å². The van der Waals surface area contributed by atoms with Crippen LogP contribution in [0.1, 0.15) is 19.8 Å². The van der Waals surface area contributed by atoms with Crippen LogP contribution >= 0.6 is 0 Å². The van der Waals surface area contributed by atoms with Gasteiger partial charge in [-0.3, -0.25) is 4.90 Å². The quantitative estimate of drug-likeness (QED) is 0.779. The zero-order chi connectivity index (χ0) is 13.1. The summed E-state index contributed by atoms with van der Waals surface area (Å²) in [6.07, 6.45) is -2.10. The van der Waals surface area contributed by atoms with E-state index in [-0.39, 0.29) is 12.6 Å². The van der Waals surface area contributed by atoms with Gasteiger partial charge in [-0.05, 0) is 26.8 Å². The van der Waals surface area contributed by atoms with Crippen molar-refractivity contribution in [2.24, 2.45) is 5.92 Å². The second kappa shape index (κ2) is 5.69. The summed E-state index contributed by atoms with van der Waals surface area (Å²) in [5.41, 5.74) is 0. The molecule has 2 atom stereocenters. The van der Waals surface area contributed by atoms with Crippen molar-refractivity contribution in [1.82, 2.24) is 10.2 Å². The molecule has 6 heteroatoms. The third-order valence-corrected chi connectivity index (χ3v) is 3.16. The van der Waals surface area contributed by atoms with Crippen LogP contribution in [0.4, 0.5) is 13.2 Å². The monoisotopic (exact) mass is 249 g/mol. The maximum absolute atomic E-state index is 12.3. The van der Waals surface area contributed by atoms with Gasteiger partial charge in [-0.25, -0.2) is 0 Å². The molecule has 1 aliphatic rings. The topological polar surface area (TPSA) is 39.1 Å². The maximum atomic E-state index is 12.3. The number of likely N-dealkylation sites (N-methyl/N-ethyl adjacent to an activating group) is 1. The Balaban J connectivity index is 2.24. The highest BCUT2D eigenvalue weighted by Crippen LogP contribution is 2.27. The van der Waals surface area contributed by atoms with Crippen molar-refractivity contribution in [1.29, 1.82) is 5.26 Å². The Morgan fingerprint density at radius 2 is 2.00 bits per heavy atom. The van der Waals surface area contributed by atoms with Crippen LogP contribution in [0.25, 0.3) is 0 Å². The molecule has 0 radical (unpaired) electrons. The first-order valence-electron chi connectivity index (χ1n) is 5.75. The predicted octanol–water partition coefficient (Wildman–Crippen LogP) is 1.76. The van der Waals surface area contributed by atoms with E-state index in [4.69, 9.17) is 5.26 Å². The Labute approximate surface area is 99.6 Å². The fraction of sp³-hybridized carbons (Fsp3) is 0.909. The van der Waals surface area contributed by atoms with E-state index < -0.39 is 12.1 Å². The molecule has 2 unspecified atom stereocenters. The van der Waals surface area contributed by atoms with Crippen LogP contribution in [0.3, 0.4) is 0 Å². The minimum atomic E-state index is -4.44. The molecule has 0 aliphatic heterocycles. The molecule has 0 bridgehead atoms. The number of nitriles is 1. The molecule has 0 aromatic heterocycles. The van der Waals surface area contributed by atoms with Gasteiger partial charge in [0.25, 0.3) is 0 Å². The molecule has 0 aromatic carbocycles. The highest BCUT2D eigenvalue weighted by molar-refractivity contribution is 4.91. The van der Waals surface area contributed by atoms with Crippen molar-refractivity contribution in [2.75, 3.05) is 20.1 Å². The van der Waals surface area contributed by atoms with Crippen LogP contribution in [-0.2, 0) is 0 Å². The minimum Gasteiger partial charge on any atom is -0.314 e.